The van der Waals surface area contributed by atoms with Crippen LogP contribution in [0.5, 0.6) is 0 Å². The fourth-order valence-corrected chi connectivity index (χ4v) is 4.90. The van der Waals surface area contributed by atoms with Gasteiger partial charge in [-0.3, -0.25) is 4.79 Å². The number of halogens is 1. The summed E-state index contributed by atoms with van der Waals surface area (Å²) in [4.78, 5) is 24.3. The number of ether oxygens (including phenoxy) is 2. The minimum Gasteiger partial charge on any atom is -0.464 e. The Morgan fingerprint density at radius 1 is 1.26 bits per heavy atom. The van der Waals surface area contributed by atoms with Crippen molar-refractivity contribution in [1.29, 1.82) is 0 Å². The van der Waals surface area contributed by atoms with Crippen molar-refractivity contribution in [3.63, 3.8) is 0 Å². The van der Waals surface area contributed by atoms with Crippen molar-refractivity contribution in [2.24, 2.45) is 11.3 Å². The van der Waals surface area contributed by atoms with E-state index in [2.05, 4.69) is 31.2 Å². The van der Waals surface area contributed by atoms with E-state index < -0.39 is 5.97 Å². The molecule has 7 nitrogen and oxygen atoms in total. The summed E-state index contributed by atoms with van der Waals surface area (Å²) in [6, 6.07) is 5.50. The average Bonchev–Trinajstić information content (AvgIpc) is 3.12. The molecule has 1 N–H and O–H groups in total. The minimum atomic E-state index is -0.407. The van der Waals surface area contributed by atoms with Crippen LogP contribution in [0.3, 0.4) is 0 Å². The molecule has 0 saturated heterocycles. The number of anilines is 1. The molecule has 0 bridgehead atoms. The van der Waals surface area contributed by atoms with Gasteiger partial charge < -0.3 is 19.3 Å². The quantitative estimate of drug-likeness (QED) is 0.365. The lowest BCUT2D eigenvalue weighted by atomic mass is 9.67. The Morgan fingerprint density at radius 3 is 2.66 bits per heavy atom. The van der Waals surface area contributed by atoms with E-state index in [4.69, 9.17) is 25.6 Å². The molecule has 0 radical (unpaired) electrons. The number of rotatable bonds is 11. The van der Waals surface area contributed by atoms with Crippen molar-refractivity contribution in [3.05, 3.63) is 45.8 Å². The maximum Gasteiger partial charge on any atom is 0.332 e. The first-order valence-corrected chi connectivity index (χ1v) is 12.7. The van der Waals surface area contributed by atoms with E-state index in [0.717, 1.165) is 29.7 Å². The molecule has 0 aliphatic heterocycles. The number of nitrogens with zero attached hydrogens (tertiary/aromatic N) is 1. The first-order valence-electron chi connectivity index (χ1n) is 12.3. The highest BCUT2D eigenvalue weighted by atomic mass is 35.5. The van der Waals surface area contributed by atoms with E-state index in [0.29, 0.717) is 40.8 Å². The van der Waals surface area contributed by atoms with Crippen molar-refractivity contribution in [1.82, 2.24) is 5.16 Å². The van der Waals surface area contributed by atoms with Crippen LogP contribution in [-0.2, 0) is 32.1 Å². The molecule has 1 aliphatic rings. The molecule has 0 spiro atoms. The topological polar surface area (TPSA) is 90.7 Å². The predicted molar refractivity (Wildman–Crippen MR) is 135 cm³/mol. The number of esters is 1. The van der Waals surface area contributed by atoms with Gasteiger partial charge in [-0.1, -0.05) is 43.6 Å². The molecule has 35 heavy (non-hydrogen) atoms. The average molecular weight is 505 g/mol. The minimum absolute atomic E-state index is 0.137. The molecule has 2 aromatic rings. The lowest BCUT2D eigenvalue weighted by Crippen LogP contribution is -2.26. The smallest absolute Gasteiger partial charge is 0.332 e. The molecule has 8 heteroatoms. The second-order valence-corrected chi connectivity index (χ2v) is 11.0. The predicted octanol–water partition coefficient (Wildman–Crippen LogP) is 6.22. The molecule has 1 aromatic heterocycles. The maximum atomic E-state index is 12.6. The summed E-state index contributed by atoms with van der Waals surface area (Å²) in [5.74, 6) is 1.19. The first-order chi connectivity index (χ1) is 16.6. The molecule has 1 heterocycles. The zero-order valence-corrected chi connectivity index (χ0v) is 22.2. The molecule has 1 aliphatic carbocycles. The normalized spacial score (nSPS) is 17.7. The van der Waals surface area contributed by atoms with E-state index >= 15 is 0 Å². The van der Waals surface area contributed by atoms with Crippen LogP contribution in [0.2, 0.25) is 5.02 Å². The van der Waals surface area contributed by atoms with Crippen molar-refractivity contribution in [2.45, 2.75) is 79.2 Å². The van der Waals surface area contributed by atoms with Crippen molar-refractivity contribution >= 4 is 29.2 Å². The van der Waals surface area contributed by atoms with Gasteiger partial charge in [0.1, 0.15) is 12.4 Å². The summed E-state index contributed by atoms with van der Waals surface area (Å²) in [6.07, 6.45) is 3.88. The Hall–Kier alpha value is -2.38. The second-order valence-electron chi connectivity index (χ2n) is 10.6. The highest BCUT2D eigenvalue weighted by molar-refractivity contribution is 6.33. The van der Waals surface area contributed by atoms with Crippen LogP contribution in [0.4, 0.5) is 5.69 Å². The molecule has 0 unspecified atom stereocenters. The Labute approximate surface area is 212 Å². The van der Waals surface area contributed by atoms with E-state index in [1.165, 1.54) is 6.42 Å². The van der Waals surface area contributed by atoms with Crippen molar-refractivity contribution < 1.29 is 23.6 Å². The summed E-state index contributed by atoms with van der Waals surface area (Å²) in [7, 11) is 0. The Morgan fingerprint density at radius 2 is 2.00 bits per heavy atom. The van der Waals surface area contributed by atoms with Gasteiger partial charge in [-0.2, -0.15) is 0 Å². The number of hydrogen-bond acceptors (Lipinski definition) is 6. The van der Waals surface area contributed by atoms with Crippen molar-refractivity contribution in [3.8, 4) is 0 Å². The van der Waals surface area contributed by atoms with E-state index in [1.807, 2.05) is 19.1 Å². The van der Waals surface area contributed by atoms with Crippen LogP contribution in [0.15, 0.2) is 22.7 Å². The van der Waals surface area contributed by atoms with Crippen molar-refractivity contribution in [2.75, 3.05) is 18.5 Å². The molecule has 3 rings (SSSR count). The fraction of sp³-hybridized carbons (Fsp3) is 0.593. The summed E-state index contributed by atoms with van der Waals surface area (Å²) in [5.41, 5.74) is 3.43. The lowest BCUT2D eigenvalue weighted by Gasteiger charge is -2.38. The molecule has 1 fully saturated rings. The van der Waals surface area contributed by atoms with Gasteiger partial charge >= 0.3 is 5.97 Å². The Balaban J connectivity index is 1.64. The molecular weight excluding hydrogens is 468 g/mol. The van der Waals surface area contributed by atoms with Crippen LogP contribution >= 0.6 is 11.6 Å². The standard InChI is InChI=1S/C27H37ClN2O5/c1-6-34-25(32)16-33-15-20-22(9-10-24(31)29-23-8-7-17(2)11-21(23)28)30-35-26(20)19-12-18(13-19)14-27(3,4)5/h7-8,11,18-19H,6,9-10,12-16H2,1-5H3,(H,29,31). The van der Waals surface area contributed by atoms with Crippen LogP contribution in [-0.4, -0.2) is 30.2 Å². The SMILES string of the molecule is CCOC(=O)COCc1c(CCC(=O)Nc2ccc(C)cc2Cl)noc1C1CC(CC(C)(C)C)C1. The first kappa shape index (κ1) is 27.2. The van der Waals surface area contributed by atoms with Gasteiger partial charge in [-0.25, -0.2) is 4.79 Å². The molecule has 1 amide bonds. The van der Waals surface area contributed by atoms with Gasteiger partial charge in [0.25, 0.3) is 0 Å². The summed E-state index contributed by atoms with van der Waals surface area (Å²) in [6.45, 7) is 10.8. The summed E-state index contributed by atoms with van der Waals surface area (Å²) >= 11 is 6.24. The Kier molecular flexibility index (Phi) is 9.36. The van der Waals surface area contributed by atoms with Crippen LogP contribution in [0, 0.1) is 18.3 Å². The number of hydrogen-bond donors (Lipinski definition) is 1. The van der Waals surface area contributed by atoms with Gasteiger partial charge in [0.15, 0.2) is 0 Å². The number of aromatic nitrogens is 1. The number of nitrogens with one attached hydrogen (secondary N) is 1. The molecule has 1 saturated carbocycles. The monoisotopic (exact) mass is 504 g/mol. The second kappa shape index (κ2) is 12.0. The fourth-order valence-electron chi connectivity index (χ4n) is 4.62. The van der Waals surface area contributed by atoms with Crippen LogP contribution in [0.1, 0.15) is 81.9 Å². The maximum absolute atomic E-state index is 12.6. The van der Waals surface area contributed by atoms with Crippen LogP contribution < -0.4 is 5.32 Å². The number of carbonyl (C=O) groups is 2. The summed E-state index contributed by atoms with van der Waals surface area (Å²) in [5, 5.41) is 7.65. The lowest BCUT2D eigenvalue weighted by molar-refractivity contribution is -0.148. The highest BCUT2D eigenvalue weighted by Crippen LogP contribution is 2.48. The van der Waals surface area contributed by atoms with Gasteiger partial charge in [0.2, 0.25) is 5.91 Å². The zero-order valence-electron chi connectivity index (χ0n) is 21.4. The third-order valence-electron chi connectivity index (χ3n) is 6.17. The van der Waals surface area contributed by atoms with E-state index in [9.17, 15) is 9.59 Å². The number of benzene rings is 1. The van der Waals surface area contributed by atoms with Gasteiger partial charge in [0.05, 0.1) is 29.6 Å². The van der Waals surface area contributed by atoms with Crippen LogP contribution in [0.25, 0.3) is 0 Å². The van der Waals surface area contributed by atoms with Gasteiger partial charge in [-0.15, -0.1) is 0 Å². The van der Waals surface area contributed by atoms with E-state index in [1.54, 1.807) is 13.0 Å². The number of aryl methyl sites for hydroxylation is 2. The number of carbonyl (C=O) groups excluding carboxylic acids is 2. The third-order valence-corrected chi connectivity index (χ3v) is 6.48. The third kappa shape index (κ3) is 8.07. The highest BCUT2D eigenvalue weighted by Gasteiger charge is 2.37. The molecular formula is C27H37ClN2O5. The largest absolute Gasteiger partial charge is 0.464 e. The molecule has 192 valence electrons. The molecule has 0 atom stereocenters. The molecule has 1 aromatic carbocycles. The van der Waals surface area contributed by atoms with Gasteiger partial charge in [0, 0.05) is 24.3 Å². The zero-order chi connectivity index (χ0) is 25.6. The number of amides is 1. The van der Waals surface area contributed by atoms with Gasteiger partial charge in [-0.05, 0) is 62.1 Å². The summed E-state index contributed by atoms with van der Waals surface area (Å²) < 4.78 is 16.4. The van der Waals surface area contributed by atoms with E-state index in [-0.39, 0.29) is 31.5 Å². The Bertz CT molecular complexity index is 1020.